The Morgan fingerprint density at radius 3 is 2.48 bits per heavy atom. The fraction of sp³-hybridized carbons (Fsp3) is 0.294. The zero-order valence-corrected chi connectivity index (χ0v) is 13.1. The van der Waals surface area contributed by atoms with Gasteiger partial charge in [0, 0.05) is 31.9 Å². The fourth-order valence-electron chi connectivity index (χ4n) is 1.99. The molecule has 2 rings (SSSR count). The molecular formula is C17H20N4O2. The van der Waals surface area contributed by atoms with Crippen molar-refractivity contribution >= 4 is 11.8 Å². The summed E-state index contributed by atoms with van der Waals surface area (Å²) in [7, 11) is 0. The van der Waals surface area contributed by atoms with Gasteiger partial charge in [0.1, 0.15) is 5.69 Å². The lowest BCUT2D eigenvalue weighted by atomic mass is 10.1. The summed E-state index contributed by atoms with van der Waals surface area (Å²) in [5, 5.41) is 5.46. The molecule has 2 N–H and O–H groups in total. The van der Waals surface area contributed by atoms with E-state index in [1.807, 2.05) is 31.2 Å². The maximum Gasteiger partial charge on any atom is 0.271 e. The van der Waals surface area contributed by atoms with Gasteiger partial charge in [-0.15, -0.1) is 0 Å². The quantitative estimate of drug-likeness (QED) is 0.754. The van der Waals surface area contributed by atoms with Crippen molar-refractivity contribution in [3.63, 3.8) is 0 Å². The molecule has 0 aliphatic rings. The summed E-state index contributed by atoms with van der Waals surface area (Å²) >= 11 is 0. The second-order valence-corrected chi connectivity index (χ2v) is 5.18. The van der Waals surface area contributed by atoms with E-state index in [1.165, 1.54) is 24.2 Å². The largest absolute Gasteiger partial charge is 0.354 e. The SMILES string of the molecule is Cc1ccc(CCC(=O)NCCNC(=O)c2cnccn2)cc1. The molecule has 23 heavy (non-hydrogen) atoms. The molecule has 1 aromatic heterocycles. The molecule has 0 saturated heterocycles. The molecule has 0 aliphatic heterocycles. The predicted octanol–water partition coefficient (Wildman–Crippen LogP) is 1.26. The van der Waals surface area contributed by atoms with Gasteiger partial charge in [0.15, 0.2) is 0 Å². The lowest BCUT2D eigenvalue weighted by molar-refractivity contribution is -0.121. The van der Waals surface area contributed by atoms with E-state index in [2.05, 4.69) is 20.6 Å². The van der Waals surface area contributed by atoms with Gasteiger partial charge >= 0.3 is 0 Å². The molecule has 0 unspecified atom stereocenters. The van der Waals surface area contributed by atoms with E-state index in [-0.39, 0.29) is 17.5 Å². The van der Waals surface area contributed by atoms with Crippen LogP contribution in [-0.4, -0.2) is 34.9 Å². The number of aryl methyl sites for hydroxylation is 2. The summed E-state index contributed by atoms with van der Waals surface area (Å²) < 4.78 is 0. The molecule has 2 aromatic rings. The van der Waals surface area contributed by atoms with Crippen molar-refractivity contribution in [3.05, 3.63) is 59.7 Å². The van der Waals surface area contributed by atoms with Gasteiger partial charge in [0.05, 0.1) is 6.20 Å². The van der Waals surface area contributed by atoms with Crippen LogP contribution in [0.25, 0.3) is 0 Å². The molecule has 0 aliphatic carbocycles. The molecule has 1 heterocycles. The van der Waals surface area contributed by atoms with Crippen LogP contribution >= 0.6 is 0 Å². The molecule has 0 saturated carbocycles. The van der Waals surface area contributed by atoms with Crippen molar-refractivity contribution < 1.29 is 9.59 Å². The van der Waals surface area contributed by atoms with Crippen LogP contribution in [0.3, 0.4) is 0 Å². The average Bonchev–Trinajstić information content (AvgIpc) is 2.59. The molecular weight excluding hydrogens is 292 g/mol. The van der Waals surface area contributed by atoms with Gasteiger partial charge in [0.2, 0.25) is 5.91 Å². The van der Waals surface area contributed by atoms with Crippen molar-refractivity contribution in [2.75, 3.05) is 13.1 Å². The van der Waals surface area contributed by atoms with Crippen molar-refractivity contribution in [3.8, 4) is 0 Å². The first-order valence-electron chi connectivity index (χ1n) is 7.51. The molecule has 0 radical (unpaired) electrons. The van der Waals surface area contributed by atoms with Gasteiger partial charge in [-0.1, -0.05) is 29.8 Å². The van der Waals surface area contributed by atoms with Gasteiger partial charge in [-0.25, -0.2) is 4.98 Å². The van der Waals surface area contributed by atoms with E-state index < -0.39 is 0 Å². The number of aromatic nitrogens is 2. The minimum Gasteiger partial charge on any atom is -0.354 e. The number of rotatable bonds is 7. The van der Waals surface area contributed by atoms with Gasteiger partial charge in [0.25, 0.3) is 5.91 Å². The number of benzene rings is 1. The lowest BCUT2D eigenvalue weighted by Gasteiger charge is -2.07. The van der Waals surface area contributed by atoms with Gasteiger partial charge in [-0.2, -0.15) is 0 Å². The van der Waals surface area contributed by atoms with Crippen LogP contribution in [0.2, 0.25) is 0 Å². The fourth-order valence-corrected chi connectivity index (χ4v) is 1.99. The van der Waals surface area contributed by atoms with E-state index in [1.54, 1.807) is 0 Å². The van der Waals surface area contributed by atoms with Crippen LogP contribution in [0.1, 0.15) is 28.0 Å². The smallest absolute Gasteiger partial charge is 0.271 e. The summed E-state index contributed by atoms with van der Waals surface area (Å²) in [5.74, 6) is -0.327. The lowest BCUT2D eigenvalue weighted by Crippen LogP contribution is -2.35. The Bertz CT molecular complexity index is 641. The summed E-state index contributed by atoms with van der Waals surface area (Å²) in [6, 6.07) is 8.14. The van der Waals surface area contributed by atoms with E-state index in [0.717, 1.165) is 5.56 Å². The highest BCUT2D eigenvalue weighted by atomic mass is 16.2. The number of amides is 2. The minimum absolute atomic E-state index is 0.0284. The van der Waals surface area contributed by atoms with Gasteiger partial charge in [-0.05, 0) is 18.9 Å². The molecule has 6 nitrogen and oxygen atoms in total. The highest BCUT2D eigenvalue weighted by molar-refractivity contribution is 5.91. The normalized spacial score (nSPS) is 10.1. The topological polar surface area (TPSA) is 84.0 Å². The highest BCUT2D eigenvalue weighted by Crippen LogP contribution is 2.05. The first kappa shape index (κ1) is 16.6. The van der Waals surface area contributed by atoms with Crippen LogP contribution in [0.15, 0.2) is 42.9 Å². The Balaban J connectivity index is 1.61. The maximum absolute atomic E-state index is 11.8. The first-order valence-corrected chi connectivity index (χ1v) is 7.51. The van der Waals surface area contributed by atoms with Crippen molar-refractivity contribution in [2.24, 2.45) is 0 Å². The first-order chi connectivity index (χ1) is 11.1. The molecule has 2 amide bonds. The Labute approximate surface area is 135 Å². The number of carbonyl (C=O) groups excluding carboxylic acids is 2. The van der Waals surface area contributed by atoms with Crippen molar-refractivity contribution in [2.45, 2.75) is 19.8 Å². The Morgan fingerprint density at radius 1 is 1.04 bits per heavy atom. The van der Waals surface area contributed by atoms with Crippen LogP contribution < -0.4 is 10.6 Å². The third-order valence-corrected chi connectivity index (χ3v) is 3.29. The molecule has 0 spiro atoms. The standard InChI is InChI=1S/C17H20N4O2/c1-13-2-4-14(5-3-13)6-7-16(22)20-10-11-21-17(23)15-12-18-8-9-19-15/h2-5,8-9,12H,6-7,10-11H2,1H3,(H,20,22)(H,21,23). The number of carbonyl (C=O) groups is 2. The number of nitrogens with zero attached hydrogens (tertiary/aromatic N) is 2. The van der Waals surface area contributed by atoms with E-state index >= 15 is 0 Å². The maximum atomic E-state index is 11.8. The Morgan fingerprint density at radius 2 is 1.78 bits per heavy atom. The predicted molar refractivity (Wildman–Crippen MR) is 86.9 cm³/mol. The summed E-state index contributed by atoms with van der Waals surface area (Å²) in [6.07, 6.45) is 5.50. The van der Waals surface area contributed by atoms with Gasteiger partial charge < -0.3 is 10.6 Å². The van der Waals surface area contributed by atoms with Crippen molar-refractivity contribution in [1.29, 1.82) is 0 Å². The Hall–Kier alpha value is -2.76. The molecule has 6 heteroatoms. The monoisotopic (exact) mass is 312 g/mol. The zero-order chi connectivity index (χ0) is 16.5. The van der Waals surface area contributed by atoms with Crippen LogP contribution in [0, 0.1) is 6.92 Å². The highest BCUT2D eigenvalue weighted by Gasteiger charge is 2.06. The molecule has 120 valence electrons. The second kappa shape index (κ2) is 8.63. The number of hydrogen-bond donors (Lipinski definition) is 2. The molecule has 1 aromatic carbocycles. The average molecular weight is 312 g/mol. The van der Waals surface area contributed by atoms with E-state index in [4.69, 9.17) is 0 Å². The molecule has 0 atom stereocenters. The van der Waals surface area contributed by atoms with E-state index in [0.29, 0.717) is 25.9 Å². The third-order valence-electron chi connectivity index (χ3n) is 3.29. The molecule has 0 fully saturated rings. The van der Waals surface area contributed by atoms with Gasteiger partial charge in [-0.3, -0.25) is 14.6 Å². The Kier molecular flexibility index (Phi) is 6.23. The van der Waals surface area contributed by atoms with E-state index in [9.17, 15) is 9.59 Å². The molecule has 0 bridgehead atoms. The van der Waals surface area contributed by atoms with Crippen molar-refractivity contribution in [1.82, 2.24) is 20.6 Å². The summed E-state index contributed by atoms with van der Waals surface area (Å²) in [5.41, 5.74) is 2.61. The third kappa shape index (κ3) is 5.86. The second-order valence-electron chi connectivity index (χ2n) is 5.18. The summed E-state index contributed by atoms with van der Waals surface area (Å²) in [6.45, 7) is 2.77. The number of nitrogens with one attached hydrogen (secondary N) is 2. The number of hydrogen-bond acceptors (Lipinski definition) is 4. The van der Waals surface area contributed by atoms with Crippen LogP contribution in [0.5, 0.6) is 0 Å². The van der Waals surface area contributed by atoms with Crippen LogP contribution in [0.4, 0.5) is 0 Å². The minimum atomic E-state index is -0.299. The zero-order valence-electron chi connectivity index (χ0n) is 13.1. The van der Waals surface area contributed by atoms with Crippen LogP contribution in [-0.2, 0) is 11.2 Å². The summed E-state index contributed by atoms with van der Waals surface area (Å²) in [4.78, 5) is 31.2.